The second kappa shape index (κ2) is 10.9. The number of carbonyl (C=O) groups is 1. The van der Waals surface area contributed by atoms with Gasteiger partial charge in [-0.2, -0.15) is 4.31 Å². The average Bonchev–Trinajstić information content (AvgIpc) is 3.26. The van der Waals surface area contributed by atoms with E-state index in [0.29, 0.717) is 30.6 Å². The molecule has 0 unspecified atom stereocenters. The highest BCUT2D eigenvalue weighted by atomic mass is 32.2. The standard InChI is InChI=1S/C28H36N4O3S3/c1-18-11-13-32(14-12-18)38(34,35)21-8-6-20(7-9-21)31-24(33)16-36-26-25-22-10-5-19(28(2,3)4)15-23(22)37-27(25)30-17-29-26/h6-9,17-19H,5,10-16H2,1-4H3,(H,31,33)/t19-/m1/s1. The Morgan fingerprint density at radius 2 is 1.84 bits per heavy atom. The van der Waals surface area contributed by atoms with Gasteiger partial charge in [0.2, 0.25) is 15.9 Å². The predicted octanol–water partition coefficient (Wildman–Crippen LogP) is 5.99. The molecule has 10 heteroatoms. The average molecular weight is 573 g/mol. The van der Waals surface area contributed by atoms with Crippen molar-refractivity contribution in [1.82, 2.24) is 14.3 Å². The number of anilines is 1. The minimum Gasteiger partial charge on any atom is -0.325 e. The SMILES string of the molecule is CC1CCN(S(=O)(=O)c2ccc(NC(=O)CSc3ncnc4sc5c(c34)CC[C@@H](C(C)(C)C)C5)cc2)CC1. The van der Waals surface area contributed by atoms with Gasteiger partial charge in [-0.1, -0.05) is 39.5 Å². The molecule has 3 heterocycles. The lowest BCUT2D eigenvalue weighted by Gasteiger charge is -2.33. The van der Waals surface area contributed by atoms with Crippen LogP contribution in [0.4, 0.5) is 5.69 Å². The van der Waals surface area contributed by atoms with Crippen molar-refractivity contribution >= 4 is 54.9 Å². The highest BCUT2D eigenvalue weighted by molar-refractivity contribution is 8.00. The summed E-state index contributed by atoms with van der Waals surface area (Å²) < 4.78 is 27.5. The Kier molecular flexibility index (Phi) is 7.88. The largest absolute Gasteiger partial charge is 0.325 e. The molecule has 38 heavy (non-hydrogen) atoms. The van der Waals surface area contributed by atoms with Crippen molar-refractivity contribution in [1.29, 1.82) is 0 Å². The number of thioether (sulfide) groups is 1. The minimum absolute atomic E-state index is 0.153. The van der Waals surface area contributed by atoms with Crippen LogP contribution < -0.4 is 5.32 Å². The molecule has 1 saturated heterocycles. The third-order valence-electron chi connectivity index (χ3n) is 7.89. The number of aromatic nitrogens is 2. The molecule has 0 spiro atoms. The minimum atomic E-state index is -3.51. The van der Waals surface area contributed by atoms with Gasteiger partial charge in [0.25, 0.3) is 0 Å². The van der Waals surface area contributed by atoms with E-state index >= 15 is 0 Å². The first-order valence-electron chi connectivity index (χ1n) is 13.3. The number of rotatable bonds is 6. The van der Waals surface area contributed by atoms with Gasteiger partial charge in [-0.15, -0.1) is 11.3 Å². The molecule has 1 fully saturated rings. The van der Waals surface area contributed by atoms with Crippen LogP contribution in [0.5, 0.6) is 0 Å². The van der Waals surface area contributed by atoms with E-state index in [1.54, 1.807) is 46.2 Å². The summed E-state index contributed by atoms with van der Waals surface area (Å²) in [6.45, 7) is 10.2. The summed E-state index contributed by atoms with van der Waals surface area (Å²) in [5, 5.41) is 4.86. The summed E-state index contributed by atoms with van der Waals surface area (Å²) >= 11 is 3.19. The van der Waals surface area contributed by atoms with Gasteiger partial charge in [-0.3, -0.25) is 4.79 Å². The van der Waals surface area contributed by atoms with Crippen molar-refractivity contribution < 1.29 is 13.2 Å². The lowest BCUT2D eigenvalue weighted by Crippen LogP contribution is -2.37. The Morgan fingerprint density at radius 1 is 1.13 bits per heavy atom. The third kappa shape index (κ3) is 5.78. The van der Waals surface area contributed by atoms with E-state index < -0.39 is 10.0 Å². The fourth-order valence-electron chi connectivity index (χ4n) is 5.35. The number of benzene rings is 1. The smallest absolute Gasteiger partial charge is 0.243 e. The van der Waals surface area contributed by atoms with Crippen LogP contribution in [0.2, 0.25) is 0 Å². The normalized spacial score (nSPS) is 19.4. The number of amides is 1. The molecule has 2 aliphatic rings. The topological polar surface area (TPSA) is 92.3 Å². The Morgan fingerprint density at radius 3 is 2.53 bits per heavy atom. The van der Waals surface area contributed by atoms with Crippen molar-refractivity contribution in [2.24, 2.45) is 17.3 Å². The summed E-state index contributed by atoms with van der Waals surface area (Å²) in [5.41, 5.74) is 2.22. The van der Waals surface area contributed by atoms with E-state index in [4.69, 9.17) is 0 Å². The highest BCUT2D eigenvalue weighted by Gasteiger charge is 2.32. The van der Waals surface area contributed by atoms with Gasteiger partial charge < -0.3 is 5.32 Å². The molecule has 204 valence electrons. The number of aryl methyl sites for hydroxylation is 1. The van der Waals surface area contributed by atoms with Crippen LogP contribution in [-0.2, 0) is 27.7 Å². The van der Waals surface area contributed by atoms with Crippen LogP contribution in [0.25, 0.3) is 10.2 Å². The molecule has 1 aromatic carbocycles. The number of thiophene rings is 1. The first-order chi connectivity index (χ1) is 18.0. The maximum absolute atomic E-state index is 13.0. The molecule has 2 aromatic heterocycles. The van der Waals surface area contributed by atoms with Crippen LogP contribution in [0.3, 0.4) is 0 Å². The first kappa shape index (κ1) is 27.6. The van der Waals surface area contributed by atoms with Gasteiger partial charge in [0.1, 0.15) is 16.2 Å². The Hall–Kier alpha value is -2.01. The Labute approximate surface area is 233 Å². The number of sulfonamides is 1. The summed E-state index contributed by atoms with van der Waals surface area (Å²) in [6, 6.07) is 6.47. The lowest BCUT2D eigenvalue weighted by molar-refractivity contribution is -0.113. The number of hydrogen-bond donors (Lipinski definition) is 1. The molecule has 7 nitrogen and oxygen atoms in total. The van der Waals surface area contributed by atoms with Crippen LogP contribution >= 0.6 is 23.1 Å². The molecule has 0 saturated carbocycles. The summed E-state index contributed by atoms with van der Waals surface area (Å²) in [4.78, 5) is 24.5. The van der Waals surface area contributed by atoms with Crippen molar-refractivity contribution in [3.8, 4) is 0 Å². The van der Waals surface area contributed by atoms with E-state index in [9.17, 15) is 13.2 Å². The molecule has 0 bridgehead atoms. The molecular formula is C28H36N4O3S3. The maximum Gasteiger partial charge on any atom is 0.243 e. The second-order valence-corrected chi connectivity index (χ2v) is 15.6. The molecule has 5 rings (SSSR count). The van der Waals surface area contributed by atoms with Crippen molar-refractivity contribution in [3.63, 3.8) is 0 Å². The molecule has 1 aliphatic heterocycles. The molecule has 0 radical (unpaired) electrons. The summed E-state index contributed by atoms with van der Waals surface area (Å²) in [7, 11) is -3.51. The van der Waals surface area contributed by atoms with E-state index in [2.05, 4.69) is 43.0 Å². The van der Waals surface area contributed by atoms with Crippen LogP contribution in [-0.4, -0.2) is 47.4 Å². The van der Waals surface area contributed by atoms with E-state index in [1.807, 2.05) is 0 Å². The van der Waals surface area contributed by atoms with Gasteiger partial charge in [0, 0.05) is 29.0 Å². The highest BCUT2D eigenvalue weighted by Crippen LogP contribution is 2.44. The van der Waals surface area contributed by atoms with Crippen molar-refractivity contribution in [3.05, 3.63) is 41.0 Å². The van der Waals surface area contributed by atoms with Gasteiger partial charge >= 0.3 is 0 Å². The summed E-state index contributed by atoms with van der Waals surface area (Å²) in [5.74, 6) is 1.27. The number of hydrogen-bond acceptors (Lipinski definition) is 7. The fraction of sp³-hybridized carbons (Fsp3) is 0.536. The number of carbonyl (C=O) groups excluding carboxylic acids is 1. The van der Waals surface area contributed by atoms with E-state index in [-0.39, 0.29) is 22.0 Å². The predicted molar refractivity (Wildman–Crippen MR) is 155 cm³/mol. The quantitative estimate of drug-likeness (QED) is 0.288. The molecule has 1 atom stereocenters. The molecule has 1 aliphatic carbocycles. The van der Waals surface area contributed by atoms with Gasteiger partial charge in [0.05, 0.1) is 10.6 Å². The third-order valence-corrected chi connectivity index (χ3v) is 12.0. The molecule has 3 aromatic rings. The molecular weight excluding hydrogens is 537 g/mol. The zero-order valence-electron chi connectivity index (χ0n) is 22.5. The zero-order valence-corrected chi connectivity index (χ0v) is 24.9. The number of piperidine rings is 1. The summed E-state index contributed by atoms with van der Waals surface area (Å²) in [6.07, 6.45) is 6.62. The van der Waals surface area contributed by atoms with Crippen molar-refractivity contribution in [2.75, 3.05) is 24.2 Å². The number of fused-ring (bicyclic) bond motifs is 3. The van der Waals surface area contributed by atoms with Gasteiger partial charge in [-0.05, 0) is 79.2 Å². The maximum atomic E-state index is 13.0. The lowest BCUT2D eigenvalue weighted by atomic mass is 9.72. The van der Waals surface area contributed by atoms with Gasteiger partial charge in [-0.25, -0.2) is 18.4 Å². The van der Waals surface area contributed by atoms with E-state index in [0.717, 1.165) is 47.3 Å². The van der Waals surface area contributed by atoms with Crippen LogP contribution in [0, 0.1) is 17.3 Å². The van der Waals surface area contributed by atoms with Crippen molar-refractivity contribution in [2.45, 2.75) is 69.7 Å². The molecule has 1 N–H and O–H groups in total. The first-order valence-corrected chi connectivity index (χ1v) is 16.5. The Balaban J connectivity index is 1.23. The number of nitrogens with one attached hydrogen (secondary N) is 1. The van der Waals surface area contributed by atoms with Crippen LogP contribution in [0.15, 0.2) is 40.5 Å². The van der Waals surface area contributed by atoms with Gasteiger partial charge in [0.15, 0.2) is 0 Å². The van der Waals surface area contributed by atoms with Crippen LogP contribution in [0.1, 0.15) is 57.4 Å². The fourth-order valence-corrected chi connectivity index (χ4v) is 8.97. The monoisotopic (exact) mass is 572 g/mol. The molecule has 1 amide bonds. The zero-order chi connectivity index (χ0) is 27.1. The Bertz CT molecular complexity index is 1420. The number of nitrogens with zero attached hydrogens (tertiary/aromatic N) is 3. The van der Waals surface area contributed by atoms with E-state index in [1.165, 1.54) is 22.2 Å². The second-order valence-electron chi connectivity index (χ2n) is 11.6.